The van der Waals surface area contributed by atoms with Crippen LogP contribution in [0.4, 0.5) is 5.69 Å². The van der Waals surface area contributed by atoms with Gasteiger partial charge in [-0.15, -0.1) is 0 Å². The van der Waals surface area contributed by atoms with Crippen molar-refractivity contribution >= 4 is 5.69 Å². The maximum atomic E-state index is 5.23. The van der Waals surface area contributed by atoms with Crippen molar-refractivity contribution in [2.24, 2.45) is 13.0 Å². The van der Waals surface area contributed by atoms with Gasteiger partial charge in [-0.1, -0.05) is 13.8 Å². The van der Waals surface area contributed by atoms with E-state index in [0.717, 1.165) is 11.4 Å². The zero-order chi connectivity index (χ0) is 12.3. The largest absolute Gasteiger partial charge is 0.383 e. The Morgan fingerprint density at radius 3 is 2.38 bits per heavy atom. The van der Waals surface area contributed by atoms with Crippen LogP contribution in [0, 0.1) is 19.8 Å². The zero-order valence-corrected chi connectivity index (χ0v) is 11.2. The van der Waals surface area contributed by atoms with Gasteiger partial charge >= 0.3 is 0 Å². The lowest BCUT2D eigenvalue weighted by atomic mass is 10.0. The highest BCUT2D eigenvalue weighted by molar-refractivity contribution is 5.52. The van der Waals surface area contributed by atoms with E-state index in [-0.39, 0.29) is 0 Å². The summed E-state index contributed by atoms with van der Waals surface area (Å²) in [6, 6.07) is 0.326. The van der Waals surface area contributed by atoms with E-state index in [1.54, 1.807) is 7.11 Å². The Morgan fingerprint density at radius 2 is 2.00 bits per heavy atom. The minimum atomic E-state index is 0.326. The fourth-order valence-electron chi connectivity index (χ4n) is 1.75. The minimum Gasteiger partial charge on any atom is -0.383 e. The Hall–Kier alpha value is -1.03. The smallest absolute Gasteiger partial charge is 0.0827 e. The van der Waals surface area contributed by atoms with Crippen molar-refractivity contribution < 1.29 is 4.74 Å². The molecule has 16 heavy (non-hydrogen) atoms. The van der Waals surface area contributed by atoms with E-state index in [4.69, 9.17) is 4.74 Å². The Labute approximate surface area is 98.0 Å². The maximum absolute atomic E-state index is 5.23. The summed E-state index contributed by atoms with van der Waals surface area (Å²) in [5, 5.41) is 7.92. The van der Waals surface area contributed by atoms with Crippen LogP contribution < -0.4 is 5.32 Å². The molecule has 0 bridgehead atoms. The summed E-state index contributed by atoms with van der Waals surface area (Å²) in [4.78, 5) is 0. The third-order valence-corrected chi connectivity index (χ3v) is 2.99. The van der Waals surface area contributed by atoms with Crippen molar-refractivity contribution in [2.45, 2.75) is 33.7 Å². The summed E-state index contributed by atoms with van der Waals surface area (Å²) in [6.45, 7) is 9.20. The summed E-state index contributed by atoms with van der Waals surface area (Å²) in [6.07, 6.45) is 0. The fourth-order valence-corrected chi connectivity index (χ4v) is 1.75. The first-order valence-electron chi connectivity index (χ1n) is 5.73. The quantitative estimate of drug-likeness (QED) is 0.834. The van der Waals surface area contributed by atoms with Crippen LogP contribution in [0.2, 0.25) is 0 Å². The van der Waals surface area contributed by atoms with Crippen LogP contribution in [0.25, 0.3) is 0 Å². The number of anilines is 1. The van der Waals surface area contributed by atoms with E-state index in [9.17, 15) is 0 Å². The Bertz CT molecular complexity index is 344. The molecule has 92 valence electrons. The highest BCUT2D eigenvalue weighted by Crippen LogP contribution is 2.21. The van der Waals surface area contributed by atoms with Crippen LogP contribution >= 0.6 is 0 Å². The van der Waals surface area contributed by atoms with E-state index in [0.29, 0.717) is 18.6 Å². The van der Waals surface area contributed by atoms with Crippen molar-refractivity contribution in [3.05, 3.63) is 11.4 Å². The van der Waals surface area contributed by atoms with Crippen LogP contribution in [0.1, 0.15) is 25.2 Å². The summed E-state index contributed by atoms with van der Waals surface area (Å²) >= 11 is 0. The van der Waals surface area contributed by atoms with Gasteiger partial charge < -0.3 is 10.1 Å². The first-order chi connectivity index (χ1) is 7.47. The number of hydrogen-bond donors (Lipinski definition) is 1. The van der Waals surface area contributed by atoms with Gasteiger partial charge in [0.1, 0.15) is 0 Å². The second-order valence-electron chi connectivity index (χ2n) is 4.62. The van der Waals surface area contributed by atoms with Crippen molar-refractivity contribution in [2.75, 3.05) is 19.0 Å². The lowest BCUT2D eigenvalue weighted by Crippen LogP contribution is -2.30. The zero-order valence-electron chi connectivity index (χ0n) is 11.2. The number of aryl methyl sites for hydroxylation is 2. The molecule has 1 unspecified atom stereocenters. The van der Waals surface area contributed by atoms with E-state index in [1.165, 1.54) is 5.69 Å². The van der Waals surface area contributed by atoms with Gasteiger partial charge in [-0.2, -0.15) is 5.10 Å². The molecule has 0 aliphatic heterocycles. The number of rotatable bonds is 5. The Morgan fingerprint density at radius 1 is 1.38 bits per heavy atom. The standard InChI is InChI=1S/C12H23N3O/c1-8(2)11(7-16-6)13-12-9(3)14-15(5)10(12)4/h8,11,13H,7H2,1-6H3. The van der Waals surface area contributed by atoms with Gasteiger partial charge in [0.25, 0.3) is 0 Å². The summed E-state index contributed by atoms with van der Waals surface area (Å²) in [5.41, 5.74) is 3.35. The molecule has 0 fully saturated rings. The van der Waals surface area contributed by atoms with Gasteiger partial charge in [-0.25, -0.2) is 0 Å². The molecular formula is C12H23N3O. The van der Waals surface area contributed by atoms with Crippen LogP contribution in [-0.4, -0.2) is 29.5 Å². The molecule has 0 amide bonds. The molecule has 0 saturated heterocycles. The first kappa shape index (κ1) is 13.0. The molecule has 1 aromatic rings. The van der Waals surface area contributed by atoms with Crippen molar-refractivity contribution in [1.82, 2.24) is 9.78 Å². The van der Waals surface area contributed by atoms with Gasteiger partial charge in [0.05, 0.1) is 29.7 Å². The van der Waals surface area contributed by atoms with E-state index >= 15 is 0 Å². The summed E-state index contributed by atoms with van der Waals surface area (Å²) < 4.78 is 7.14. The molecule has 0 aliphatic rings. The molecule has 0 aromatic carbocycles. The van der Waals surface area contributed by atoms with Crippen molar-refractivity contribution in [3.8, 4) is 0 Å². The Kier molecular flexibility index (Phi) is 4.35. The summed E-state index contributed by atoms with van der Waals surface area (Å²) in [7, 11) is 3.70. The average molecular weight is 225 g/mol. The molecule has 1 heterocycles. The first-order valence-corrected chi connectivity index (χ1v) is 5.73. The van der Waals surface area contributed by atoms with Crippen molar-refractivity contribution in [3.63, 3.8) is 0 Å². The number of hydrogen-bond acceptors (Lipinski definition) is 3. The number of methoxy groups -OCH3 is 1. The van der Waals surface area contributed by atoms with E-state index in [1.807, 2.05) is 18.7 Å². The molecule has 0 aliphatic carbocycles. The maximum Gasteiger partial charge on any atom is 0.0827 e. The second-order valence-corrected chi connectivity index (χ2v) is 4.62. The van der Waals surface area contributed by atoms with Crippen LogP contribution in [-0.2, 0) is 11.8 Å². The normalized spacial score (nSPS) is 13.2. The number of aromatic nitrogens is 2. The molecule has 1 aromatic heterocycles. The second kappa shape index (κ2) is 5.34. The van der Waals surface area contributed by atoms with Crippen LogP contribution in [0.3, 0.4) is 0 Å². The number of nitrogens with zero attached hydrogens (tertiary/aromatic N) is 2. The highest BCUT2D eigenvalue weighted by Gasteiger charge is 2.17. The predicted octanol–water partition coefficient (Wildman–Crippen LogP) is 2.12. The van der Waals surface area contributed by atoms with Gasteiger partial charge in [0.2, 0.25) is 0 Å². The third kappa shape index (κ3) is 2.76. The lowest BCUT2D eigenvalue weighted by Gasteiger charge is -2.22. The van der Waals surface area contributed by atoms with Gasteiger partial charge in [-0.05, 0) is 19.8 Å². The number of nitrogens with one attached hydrogen (secondary N) is 1. The molecule has 0 saturated carbocycles. The predicted molar refractivity (Wildman–Crippen MR) is 66.8 cm³/mol. The topological polar surface area (TPSA) is 39.1 Å². The highest BCUT2D eigenvalue weighted by atomic mass is 16.5. The van der Waals surface area contributed by atoms with Crippen molar-refractivity contribution in [1.29, 1.82) is 0 Å². The van der Waals surface area contributed by atoms with E-state index in [2.05, 4.69) is 31.2 Å². The molecule has 1 N–H and O–H groups in total. The molecule has 0 spiro atoms. The Balaban J connectivity index is 2.84. The monoisotopic (exact) mass is 225 g/mol. The fraction of sp³-hybridized carbons (Fsp3) is 0.750. The SMILES string of the molecule is COCC(Nc1c(C)nn(C)c1C)C(C)C. The third-order valence-electron chi connectivity index (χ3n) is 2.99. The molecule has 4 nitrogen and oxygen atoms in total. The van der Waals surface area contributed by atoms with Gasteiger partial charge in [0, 0.05) is 14.2 Å². The molecule has 0 radical (unpaired) electrons. The van der Waals surface area contributed by atoms with Crippen LogP contribution in [0.15, 0.2) is 0 Å². The average Bonchev–Trinajstić information content (AvgIpc) is 2.43. The van der Waals surface area contributed by atoms with Crippen LogP contribution in [0.5, 0.6) is 0 Å². The molecular weight excluding hydrogens is 202 g/mol. The lowest BCUT2D eigenvalue weighted by molar-refractivity contribution is 0.171. The molecule has 1 atom stereocenters. The van der Waals surface area contributed by atoms with E-state index < -0.39 is 0 Å². The van der Waals surface area contributed by atoms with Gasteiger partial charge in [-0.3, -0.25) is 4.68 Å². The minimum absolute atomic E-state index is 0.326. The van der Waals surface area contributed by atoms with Gasteiger partial charge in [0.15, 0.2) is 0 Å². The summed E-state index contributed by atoms with van der Waals surface area (Å²) in [5.74, 6) is 0.527. The molecule has 1 rings (SSSR count). The molecule has 4 heteroatoms. The number of ether oxygens (including phenoxy) is 1.